The van der Waals surface area contributed by atoms with Crippen LogP contribution in [0.4, 0.5) is 0 Å². The lowest BCUT2D eigenvalue weighted by atomic mass is 10.0. The van der Waals surface area contributed by atoms with Gasteiger partial charge in [0.15, 0.2) is 5.78 Å². The fraction of sp³-hybridized carbons (Fsp3) is 0.545. The third-order valence-corrected chi connectivity index (χ3v) is 2.45. The predicted molar refractivity (Wildman–Crippen MR) is 58.6 cm³/mol. The largest absolute Gasteiger partial charge is 0.317 e. The van der Waals surface area contributed by atoms with E-state index in [2.05, 4.69) is 5.32 Å². The van der Waals surface area contributed by atoms with Crippen molar-refractivity contribution >= 4 is 17.6 Å². The molecular weight excluding hydrogens is 208 g/mol. The first-order valence-corrected chi connectivity index (χ1v) is 5.22. The number of ketones is 1. The molecule has 1 aliphatic rings. The van der Waals surface area contributed by atoms with E-state index >= 15 is 0 Å². The molecule has 0 radical (unpaired) electrons. The highest BCUT2D eigenvalue weighted by atomic mass is 16.2. The molecule has 1 atom stereocenters. The minimum atomic E-state index is -0.708. The quantitative estimate of drug-likeness (QED) is 0.652. The van der Waals surface area contributed by atoms with Crippen molar-refractivity contribution in [2.45, 2.75) is 19.9 Å². The monoisotopic (exact) mass is 224 g/mol. The molecule has 5 heteroatoms. The zero-order chi connectivity index (χ0) is 12.3. The number of carbonyl (C=O) groups is 3. The molecule has 0 bridgehead atoms. The molecule has 0 spiro atoms. The lowest BCUT2D eigenvalue weighted by Gasteiger charge is -2.26. The van der Waals surface area contributed by atoms with E-state index in [1.165, 1.54) is 12.2 Å². The van der Waals surface area contributed by atoms with E-state index in [1.54, 1.807) is 20.9 Å². The number of nitrogens with zero attached hydrogens (tertiary/aromatic N) is 1. The fourth-order valence-electron chi connectivity index (χ4n) is 1.62. The summed E-state index contributed by atoms with van der Waals surface area (Å²) in [5, 5.41) is 2.83. The minimum Gasteiger partial charge on any atom is -0.317 e. The molecule has 16 heavy (non-hydrogen) atoms. The molecule has 0 aromatic heterocycles. The van der Waals surface area contributed by atoms with Gasteiger partial charge in [0.25, 0.3) is 11.8 Å². The summed E-state index contributed by atoms with van der Waals surface area (Å²) in [6.07, 6.45) is 2.39. The molecule has 0 aromatic rings. The van der Waals surface area contributed by atoms with Crippen molar-refractivity contribution in [1.82, 2.24) is 10.2 Å². The standard InChI is InChI=1S/C11H16N2O3/c1-7(2)11(16)8(6-12-3)13-9(14)4-5-10(13)15/h4-5,7-8,12H,6H2,1-3H3. The number of Topliss-reactive ketones (excluding diaryl/α,β-unsaturated/α-hetero) is 1. The molecule has 0 saturated carbocycles. The number of amides is 2. The van der Waals surface area contributed by atoms with Crippen LogP contribution in [0.1, 0.15) is 13.8 Å². The summed E-state index contributed by atoms with van der Waals surface area (Å²) in [7, 11) is 1.68. The Bertz CT molecular complexity index is 329. The number of carbonyl (C=O) groups excluding carboxylic acids is 3. The first-order chi connectivity index (χ1) is 7.49. The molecule has 88 valence electrons. The summed E-state index contributed by atoms with van der Waals surface area (Å²) >= 11 is 0. The predicted octanol–water partition coefficient (Wildman–Crippen LogP) is -0.276. The number of imide groups is 1. The lowest BCUT2D eigenvalue weighted by molar-refractivity contribution is -0.145. The Balaban J connectivity index is 2.90. The van der Waals surface area contributed by atoms with Crippen LogP contribution in [0.25, 0.3) is 0 Å². The summed E-state index contributed by atoms with van der Waals surface area (Å²) in [6, 6.07) is -0.708. The summed E-state index contributed by atoms with van der Waals surface area (Å²) in [6.45, 7) is 3.79. The Hall–Kier alpha value is -1.49. The van der Waals surface area contributed by atoms with Gasteiger partial charge in [0.05, 0.1) is 0 Å². The number of rotatable bonds is 5. The molecule has 1 aliphatic heterocycles. The van der Waals surface area contributed by atoms with E-state index in [9.17, 15) is 14.4 Å². The number of hydrogen-bond acceptors (Lipinski definition) is 4. The first-order valence-electron chi connectivity index (χ1n) is 5.22. The smallest absolute Gasteiger partial charge is 0.254 e. The van der Waals surface area contributed by atoms with Crippen molar-refractivity contribution in [2.24, 2.45) is 5.92 Å². The molecule has 1 rings (SSSR count). The van der Waals surface area contributed by atoms with Gasteiger partial charge in [0, 0.05) is 24.6 Å². The van der Waals surface area contributed by atoms with E-state index in [1.807, 2.05) is 0 Å². The Morgan fingerprint density at radius 1 is 1.31 bits per heavy atom. The van der Waals surface area contributed by atoms with Gasteiger partial charge >= 0.3 is 0 Å². The van der Waals surface area contributed by atoms with Crippen LogP contribution in [-0.4, -0.2) is 42.1 Å². The molecule has 1 unspecified atom stereocenters. The highest BCUT2D eigenvalue weighted by Crippen LogP contribution is 2.13. The molecule has 1 N–H and O–H groups in total. The van der Waals surface area contributed by atoms with Gasteiger partial charge in [-0.3, -0.25) is 19.3 Å². The molecule has 5 nitrogen and oxygen atoms in total. The van der Waals surface area contributed by atoms with Gasteiger partial charge in [0.2, 0.25) is 0 Å². The fourth-order valence-corrected chi connectivity index (χ4v) is 1.62. The van der Waals surface area contributed by atoms with Crippen LogP contribution in [0, 0.1) is 5.92 Å². The number of likely N-dealkylation sites (N-methyl/N-ethyl adjacent to an activating group) is 1. The maximum atomic E-state index is 11.9. The highest BCUT2D eigenvalue weighted by Gasteiger charge is 2.35. The summed E-state index contributed by atoms with van der Waals surface area (Å²) in [5.41, 5.74) is 0. The van der Waals surface area contributed by atoms with Crippen LogP contribution >= 0.6 is 0 Å². The zero-order valence-electron chi connectivity index (χ0n) is 9.69. The van der Waals surface area contributed by atoms with Crippen molar-refractivity contribution in [3.8, 4) is 0 Å². The third-order valence-electron chi connectivity index (χ3n) is 2.45. The first kappa shape index (κ1) is 12.6. The topological polar surface area (TPSA) is 66.5 Å². The van der Waals surface area contributed by atoms with Crippen molar-refractivity contribution in [3.63, 3.8) is 0 Å². The Kier molecular flexibility index (Phi) is 3.95. The van der Waals surface area contributed by atoms with E-state index in [0.29, 0.717) is 0 Å². The number of nitrogens with one attached hydrogen (secondary N) is 1. The van der Waals surface area contributed by atoms with Crippen molar-refractivity contribution in [2.75, 3.05) is 13.6 Å². The summed E-state index contributed by atoms with van der Waals surface area (Å²) in [4.78, 5) is 35.8. The van der Waals surface area contributed by atoms with Gasteiger partial charge in [-0.25, -0.2) is 0 Å². The Morgan fingerprint density at radius 2 is 1.81 bits per heavy atom. The summed E-state index contributed by atoms with van der Waals surface area (Å²) in [5.74, 6) is -1.15. The highest BCUT2D eigenvalue weighted by molar-refractivity contribution is 6.15. The van der Waals surface area contributed by atoms with Crippen LogP contribution in [0.15, 0.2) is 12.2 Å². The molecule has 0 aromatic carbocycles. The van der Waals surface area contributed by atoms with Gasteiger partial charge in [-0.15, -0.1) is 0 Å². The molecule has 1 heterocycles. The van der Waals surface area contributed by atoms with Crippen molar-refractivity contribution in [1.29, 1.82) is 0 Å². The van der Waals surface area contributed by atoms with Crippen LogP contribution < -0.4 is 5.32 Å². The van der Waals surface area contributed by atoms with Crippen molar-refractivity contribution < 1.29 is 14.4 Å². The van der Waals surface area contributed by atoms with Crippen LogP contribution in [-0.2, 0) is 14.4 Å². The van der Waals surface area contributed by atoms with E-state index in [4.69, 9.17) is 0 Å². The Labute approximate surface area is 94.5 Å². The van der Waals surface area contributed by atoms with Gasteiger partial charge in [-0.2, -0.15) is 0 Å². The van der Waals surface area contributed by atoms with Crippen LogP contribution in [0.2, 0.25) is 0 Å². The molecular formula is C11H16N2O3. The maximum Gasteiger partial charge on any atom is 0.254 e. The normalized spacial score (nSPS) is 17.4. The Morgan fingerprint density at radius 3 is 2.19 bits per heavy atom. The minimum absolute atomic E-state index is 0.111. The second-order valence-corrected chi connectivity index (χ2v) is 4.01. The number of hydrogen-bond donors (Lipinski definition) is 1. The van der Waals surface area contributed by atoms with E-state index < -0.39 is 17.9 Å². The van der Waals surface area contributed by atoms with Crippen LogP contribution in [0.5, 0.6) is 0 Å². The van der Waals surface area contributed by atoms with Gasteiger partial charge in [-0.05, 0) is 7.05 Å². The lowest BCUT2D eigenvalue weighted by Crippen LogP contribution is -2.51. The average molecular weight is 224 g/mol. The van der Waals surface area contributed by atoms with E-state index in [0.717, 1.165) is 4.90 Å². The molecule has 0 saturated heterocycles. The maximum absolute atomic E-state index is 11.9. The SMILES string of the molecule is CNCC(C(=O)C(C)C)N1C(=O)C=CC1=O. The van der Waals surface area contributed by atoms with Gasteiger partial charge in [0.1, 0.15) is 6.04 Å². The zero-order valence-corrected chi connectivity index (χ0v) is 9.69. The second-order valence-electron chi connectivity index (χ2n) is 4.01. The average Bonchev–Trinajstić information content (AvgIpc) is 2.55. The van der Waals surface area contributed by atoms with Gasteiger partial charge in [-0.1, -0.05) is 13.8 Å². The molecule has 0 aliphatic carbocycles. The molecule has 2 amide bonds. The van der Waals surface area contributed by atoms with Crippen LogP contribution in [0.3, 0.4) is 0 Å². The third kappa shape index (κ3) is 2.36. The second kappa shape index (κ2) is 5.03. The summed E-state index contributed by atoms with van der Waals surface area (Å²) < 4.78 is 0. The molecule has 0 fully saturated rings. The van der Waals surface area contributed by atoms with E-state index in [-0.39, 0.29) is 18.2 Å². The van der Waals surface area contributed by atoms with Gasteiger partial charge < -0.3 is 5.32 Å². The van der Waals surface area contributed by atoms with Crippen molar-refractivity contribution in [3.05, 3.63) is 12.2 Å².